The molecule has 0 fully saturated rings. The van der Waals surface area contributed by atoms with Crippen LogP contribution in [0.15, 0.2) is 53.9 Å². The van der Waals surface area contributed by atoms with Crippen LogP contribution in [0.5, 0.6) is 0 Å². The van der Waals surface area contributed by atoms with E-state index in [1.54, 1.807) is 35.7 Å². The maximum atomic E-state index is 13.8. The first-order valence-corrected chi connectivity index (χ1v) is 8.42. The lowest BCUT2D eigenvalue weighted by Crippen LogP contribution is -2.07. The highest BCUT2D eigenvalue weighted by Crippen LogP contribution is 2.27. The van der Waals surface area contributed by atoms with E-state index in [9.17, 15) is 13.6 Å². The van der Waals surface area contributed by atoms with Crippen LogP contribution in [0.4, 0.5) is 13.9 Å². The molecule has 126 valence electrons. The molecule has 1 aromatic heterocycles. The number of benzene rings is 2. The highest BCUT2D eigenvalue weighted by atomic mass is 35.5. The number of rotatable bonds is 4. The molecule has 0 spiro atoms. The van der Waals surface area contributed by atoms with Crippen LogP contribution < -0.4 is 5.32 Å². The van der Waals surface area contributed by atoms with E-state index in [2.05, 4.69) is 10.3 Å². The normalized spacial score (nSPS) is 11.0. The van der Waals surface area contributed by atoms with Crippen molar-refractivity contribution < 1.29 is 13.6 Å². The van der Waals surface area contributed by atoms with Crippen molar-refractivity contribution in [2.45, 2.75) is 0 Å². The minimum Gasteiger partial charge on any atom is -0.298 e. The summed E-state index contributed by atoms with van der Waals surface area (Å²) in [7, 11) is 0. The third-order valence-electron chi connectivity index (χ3n) is 3.24. The van der Waals surface area contributed by atoms with Crippen LogP contribution in [0.3, 0.4) is 0 Å². The lowest BCUT2D eigenvalue weighted by atomic mass is 10.1. The summed E-state index contributed by atoms with van der Waals surface area (Å²) in [6.07, 6.45) is 3.00. The molecular weight excluding hydrogens is 366 g/mol. The summed E-state index contributed by atoms with van der Waals surface area (Å²) in [5, 5.41) is 5.14. The molecule has 0 saturated carbocycles. The van der Waals surface area contributed by atoms with Gasteiger partial charge in [0.15, 0.2) is 5.13 Å². The van der Waals surface area contributed by atoms with Crippen LogP contribution in [0, 0.1) is 11.6 Å². The first kappa shape index (κ1) is 17.3. The summed E-state index contributed by atoms with van der Waals surface area (Å²) < 4.78 is 26.7. The zero-order chi connectivity index (χ0) is 17.8. The van der Waals surface area contributed by atoms with Crippen molar-refractivity contribution in [3.63, 3.8) is 0 Å². The van der Waals surface area contributed by atoms with E-state index in [-0.39, 0.29) is 11.5 Å². The molecule has 0 aliphatic heterocycles. The summed E-state index contributed by atoms with van der Waals surface area (Å²) in [6.45, 7) is 0. The minimum absolute atomic E-state index is 0.176. The molecule has 3 rings (SSSR count). The van der Waals surface area contributed by atoms with Crippen molar-refractivity contribution in [1.82, 2.24) is 4.98 Å². The zero-order valence-electron chi connectivity index (χ0n) is 12.7. The average Bonchev–Trinajstić information content (AvgIpc) is 3.02. The van der Waals surface area contributed by atoms with Crippen molar-refractivity contribution in [2.75, 3.05) is 5.32 Å². The number of amides is 1. The van der Waals surface area contributed by atoms with Gasteiger partial charge in [-0.1, -0.05) is 23.7 Å². The molecule has 25 heavy (non-hydrogen) atoms. The topological polar surface area (TPSA) is 42.0 Å². The predicted molar refractivity (Wildman–Crippen MR) is 96.6 cm³/mol. The third-order valence-corrected chi connectivity index (χ3v) is 4.25. The van der Waals surface area contributed by atoms with E-state index in [4.69, 9.17) is 11.6 Å². The second-order valence-corrected chi connectivity index (χ2v) is 6.33. The Labute approximate surface area is 151 Å². The monoisotopic (exact) mass is 376 g/mol. The first-order chi connectivity index (χ1) is 12.0. The molecule has 1 amide bonds. The smallest absolute Gasteiger partial charge is 0.250 e. The number of carbonyl (C=O) groups is 1. The molecule has 0 unspecified atom stereocenters. The van der Waals surface area contributed by atoms with Gasteiger partial charge in [0.05, 0.1) is 5.69 Å². The summed E-state index contributed by atoms with van der Waals surface area (Å²) in [5.41, 5.74) is 1.34. The number of hydrogen-bond donors (Lipinski definition) is 1. The standard InChI is InChI=1S/C18H11ClF2N2OS/c19-12-4-1-11(2-5-12)3-8-17(24)23-18-22-16(10-25-18)14-7-6-13(20)9-15(14)21/h1-10H,(H,22,23,24). The van der Waals surface area contributed by atoms with Gasteiger partial charge >= 0.3 is 0 Å². The average molecular weight is 377 g/mol. The molecule has 3 aromatic rings. The number of hydrogen-bond acceptors (Lipinski definition) is 3. The van der Waals surface area contributed by atoms with Crippen molar-refractivity contribution in [1.29, 1.82) is 0 Å². The lowest BCUT2D eigenvalue weighted by Gasteiger charge is -1.99. The maximum Gasteiger partial charge on any atom is 0.250 e. The Balaban J connectivity index is 1.68. The molecule has 0 aliphatic rings. The van der Waals surface area contributed by atoms with Crippen LogP contribution in [-0.4, -0.2) is 10.9 Å². The Hall–Kier alpha value is -2.57. The van der Waals surface area contributed by atoms with Crippen molar-refractivity contribution >= 4 is 40.1 Å². The Bertz CT molecular complexity index is 939. The second kappa shape index (κ2) is 7.55. The van der Waals surface area contributed by atoms with E-state index in [1.165, 1.54) is 12.1 Å². The Morgan fingerprint density at radius 3 is 2.64 bits per heavy atom. The van der Waals surface area contributed by atoms with E-state index in [0.29, 0.717) is 15.8 Å². The third kappa shape index (κ3) is 4.49. The van der Waals surface area contributed by atoms with Crippen LogP contribution in [-0.2, 0) is 4.79 Å². The molecule has 1 N–H and O–H groups in total. The van der Waals surface area contributed by atoms with E-state index in [0.717, 1.165) is 29.0 Å². The SMILES string of the molecule is O=C(C=Cc1ccc(Cl)cc1)Nc1nc(-c2ccc(F)cc2F)cs1. The highest BCUT2D eigenvalue weighted by Gasteiger charge is 2.11. The summed E-state index contributed by atoms with van der Waals surface area (Å²) in [6, 6.07) is 10.3. The van der Waals surface area contributed by atoms with E-state index < -0.39 is 11.6 Å². The van der Waals surface area contributed by atoms with Crippen molar-refractivity contribution in [3.05, 3.63) is 76.1 Å². The molecular formula is C18H11ClF2N2OS. The summed E-state index contributed by atoms with van der Waals surface area (Å²) >= 11 is 6.95. The number of halogens is 3. The van der Waals surface area contributed by atoms with Gasteiger partial charge in [-0.2, -0.15) is 0 Å². The number of nitrogens with one attached hydrogen (secondary N) is 1. The summed E-state index contributed by atoms with van der Waals surface area (Å²) in [4.78, 5) is 16.1. The summed E-state index contributed by atoms with van der Waals surface area (Å²) in [5.74, 6) is -1.72. The van der Waals surface area contributed by atoms with Gasteiger partial charge in [-0.15, -0.1) is 11.3 Å². The predicted octanol–water partition coefficient (Wildman–Crippen LogP) is 5.39. The molecule has 0 radical (unpaired) electrons. The molecule has 0 bridgehead atoms. The Kier molecular flexibility index (Phi) is 5.21. The van der Waals surface area contributed by atoms with Crippen LogP contribution in [0.2, 0.25) is 5.02 Å². The van der Waals surface area contributed by atoms with E-state index in [1.807, 2.05) is 0 Å². The van der Waals surface area contributed by atoms with Gasteiger partial charge in [-0.25, -0.2) is 13.8 Å². The van der Waals surface area contributed by atoms with Gasteiger partial charge in [-0.3, -0.25) is 10.1 Å². The zero-order valence-corrected chi connectivity index (χ0v) is 14.2. The Morgan fingerprint density at radius 1 is 1.16 bits per heavy atom. The molecule has 1 heterocycles. The second-order valence-electron chi connectivity index (χ2n) is 5.04. The number of anilines is 1. The largest absolute Gasteiger partial charge is 0.298 e. The van der Waals surface area contributed by atoms with Crippen LogP contribution in [0.25, 0.3) is 17.3 Å². The fraction of sp³-hybridized carbons (Fsp3) is 0. The fourth-order valence-electron chi connectivity index (χ4n) is 2.04. The van der Waals surface area contributed by atoms with Gasteiger partial charge in [0, 0.05) is 28.1 Å². The quantitative estimate of drug-likeness (QED) is 0.620. The van der Waals surface area contributed by atoms with Gasteiger partial charge in [0.1, 0.15) is 11.6 Å². The maximum absolute atomic E-state index is 13.8. The number of carbonyl (C=O) groups excluding carboxylic acids is 1. The Morgan fingerprint density at radius 2 is 1.92 bits per heavy atom. The molecule has 0 aliphatic carbocycles. The fourth-order valence-corrected chi connectivity index (χ4v) is 2.88. The molecule has 0 saturated heterocycles. The van der Waals surface area contributed by atoms with Gasteiger partial charge in [0.2, 0.25) is 5.91 Å². The van der Waals surface area contributed by atoms with Gasteiger partial charge in [-0.05, 0) is 35.9 Å². The van der Waals surface area contributed by atoms with Crippen LogP contribution in [0.1, 0.15) is 5.56 Å². The van der Waals surface area contributed by atoms with Crippen molar-refractivity contribution in [3.8, 4) is 11.3 Å². The number of thiazole rings is 1. The molecule has 3 nitrogen and oxygen atoms in total. The van der Waals surface area contributed by atoms with E-state index >= 15 is 0 Å². The minimum atomic E-state index is -0.703. The van der Waals surface area contributed by atoms with Gasteiger partial charge in [0.25, 0.3) is 0 Å². The van der Waals surface area contributed by atoms with Crippen molar-refractivity contribution in [2.24, 2.45) is 0 Å². The molecule has 0 atom stereocenters. The number of nitrogens with zero attached hydrogens (tertiary/aromatic N) is 1. The molecule has 2 aromatic carbocycles. The first-order valence-electron chi connectivity index (χ1n) is 7.17. The lowest BCUT2D eigenvalue weighted by molar-refractivity contribution is -0.111. The molecule has 7 heteroatoms. The number of aromatic nitrogens is 1. The highest BCUT2D eigenvalue weighted by molar-refractivity contribution is 7.14. The van der Waals surface area contributed by atoms with Crippen LogP contribution >= 0.6 is 22.9 Å². The van der Waals surface area contributed by atoms with Gasteiger partial charge < -0.3 is 0 Å².